The van der Waals surface area contributed by atoms with Crippen molar-refractivity contribution in [2.45, 2.75) is 64.0 Å². The molecule has 0 spiro atoms. The van der Waals surface area contributed by atoms with Crippen molar-refractivity contribution in [1.29, 1.82) is 0 Å². The number of nitrogens with zero attached hydrogens (tertiary/aromatic N) is 3. The second-order valence-corrected chi connectivity index (χ2v) is 9.62. The van der Waals surface area contributed by atoms with Gasteiger partial charge in [0.25, 0.3) is 0 Å². The minimum atomic E-state index is -1.56. The number of amidine groups is 1. The highest BCUT2D eigenvalue weighted by atomic mass is 32.2. The lowest BCUT2D eigenvalue weighted by Gasteiger charge is -2.40. The number of aromatic nitrogens is 1. The molecule has 3 rings (SSSR count). The van der Waals surface area contributed by atoms with E-state index in [0.29, 0.717) is 24.6 Å². The smallest absolute Gasteiger partial charge is 0.414 e. The first kappa shape index (κ1) is 21.5. The van der Waals surface area contributed by atoms with Crippen LogP contribution in [0.1, 0.15) is 53.2 Å². The number of hydrogen-bond donors (Lipinski definition) is 2. The monoisotopic (exact) mass is 424 g/mol. The molecule has 29 heavy (non-hydrogen) atoms. The van der Waals surface area contributed by atoms with E-state index in [2.05, 4.69) is 20.0 Å². The number of anilines is 1. The van der Waals surface area contributed by atoms with E-state index < -0.39 is 39.0 Å². The summed E-state index contributed by atoms with van der Waals surface area (Å²) in [6, 6.07) is 2.76. The van der Waals surface area contributed by atoms with E-state index in [0.717, 1.165) is 6.42 Å². The molecule has 8 nitrogen and oxygen atoms in total. The summed E-state index contributed by atoms with van der Waals surface area (Å²) in [6.07, 6.45) is 0.582. The van der Waals surface area contributed by atoms with Gasteiger partial charge in [-0.3, -0.25) is 10.3 Å². The molecule has 1 amide bonds. The number of fused-ring (bicyclic) bond motifs is 2. The SMILES string of the molecule is CC(C)C1=NC(C)(C2CCCN=[S-]2=O)c2nc(ccc2F)NC(C)(C)OC(=O)N1. The lowest BCUT2D eigenvalue weighted by Crippen LogP contribution is -2.45. The molecule has 2 bridgehead atoms. The summed E-state index contributed by atoms with van der Waals surface area (Å²) in [6.45, 7) is 9.22. The molecular formula is C19H27FN5O3S-. The van der Waals surface area contributed by atoms with Crippen molar-refractivity contribution in [3.63, 3.8) is 0 Å². The van der Waals surface area contributed by atoms with Crippen LogP contribution in [-0.4, -0.2) is 34.4 Å². The van der Waals surface area contributed by atoms with Gasteiger partial charge in [-0.15, -0.1) is 0 Å². The largest absolute Gasteiger partial charge is 0.444 e. The highest BCUT2D eigenvalue weighted by Crippen LogP contribution is 2.37. The minimum absolute atomic E-state index is 0.0584. The number of ether oxygens (including phenoxy) is 1. The molecule has 0 aliphatic carbocycles. The number of carbonyl (C=O) groups is 1. The Morgan fingerprint density at radius 1 is 1.31 bits per heavy atom. The van der Waals surface area contributed by atoms with Gasteiger partial charge in [0, 0.05) is 12.5 Å². The highest BCUT2D eigenvalue weighted by Gasteiger charge is 2.39. The van der Waals surface area contributed by atoms with Gasteiger partial charge in [0.1, 0.15) is 23.2 Å². The molecule has 0 saturated heterocycles. The van der Waals surface area contributed by atoms with Crippen LogP contribution in [0.25, 0.3) is 0 Å². The maximum absolute atomic E-state index is 15.0. The Kier molecular flexibility index (Phi) is 5.84. The number of pyridine rings is 1. The van der Waals surface area contributed by atoms with Gasteiger partial charge in [-0.25, -0.2) is 14.2 Å². The number of halogens is 1. The topological polar surface area (TPSA) is 105 Å². The zero-order valence-corrected chi connectivity index (χ0v) is 18.1. The van der Waals surface area contributed by atoms with Crippen molar-refractivity contribution < 1.29 is 18.1 Å². The van der Waals surface area contributed by atoms with Crippen molar-refractivity contribution in [3.05, 3.63) is 23.6 Å². The fourth-order valence-corrected chi connectivity index (χ4v) is 4.91. The van der Waals surface area contributed by atoms with E-state index in [1.54, 1.807) is 20.8 Å². The zero-order valence-electron chi connectivity index (χ0n) is 17.3. The average molecular weight is 425 g/mol. The summed E-state index contributed by atoms with van der Waals surface area (Å²) < 4.78 is 37.4. The number of amides is 1. The molecule has 2 aliphatic heterocycles. The highest BCUT2D eigenvalue weighted by molar-refractivity contribution is 7.75. The molecule has 160 valence electrons. The van der Waals surface area contributed by atoms with Crippen molar-refractivity contribution in [2.24, 2.45) is 15.3 Å². The first-order valence-electron chi connectivity index (χ1n) is 9.65. The quantitative estimate of drug-likeness (QED) is 0.705. The Bertz CT molecular complexity index is 926. The molecule has 2 unspecified atom stereocenters. The Hall–Kier alpha value is -2.23. The number of hydrogen-bond acceptors (Lipinski definition) is 8. The lowest BCUT2D eigenvalue weighted by molar-refractivity contribution is 0.0622. The molecule has 1 aromatic rings. The van der Waals surface area contributed by atoms with Crippen LogP contribution in [0.2, 0.25) is 0 Å². The summed E-state index contributed by atoms with van der Waals surface area (Å²) >= 11 is 0. The second kappa shape index (κ2) is 7.89. The van der Waals surface area contributed by atoms with Gasteiger partial charge in [-0.05, 0) is 44.6 Å². The Morgan fingerprint density at radius 3 is 2.69 bits per heavy atom. The molecule has 2 N–H and O–H groups in total. The average Bonchev–Trinajstić information content (AvgIpc) is 2.62. The molecule has 1 aromatic heterocycles. The van der Waals surface area contributed by atoms with E-state index in [-0.39, 0.29) is 11.6 Å². The van der Waals surface area contributed by atoms with Crippen molar-refractivity contribution in [2.75, 3.05) is 11.9 Å². The van der Waals surface area contributed by atoms with E-state index in [1.165, 1.54) is 12.1 Å². The number of rotatable bonds is 2. The van der Waals surface area contributed by atoms with Gasteiger partial charge in [-0.2, -0.15) is 10.6 Å². The van der Waals surface area contributed by atoms with Gasteiger partial charge in [0.05, 0.1) is 5.54 Å². The maximum Gasteiger partial charge on any atom is 0.414 e. The number of aliphatic imine (C=N–C) groups is 1. The van der Waals surface area contributed by atoms with Crippen molar-refractivity contribution in [3.8, 4) is 0 Å². The van der Waals surface area contributed by atoms with Crippen molar-refractivity contribution in [1.82, 2.24) is 10.3 Å². The standard InChI is InChI=1S/C19H27FN5O3S/c1-11(2)16-23-17(26)28-18(3,4)24-14-9-8-12(20)15(22-14)19(5,25-16)13-7-6-10-21-29(13)27/h8-9,11,13H,6-7,10H2,1-5H3,(H,22,24)(H,23,25,26)/q-1. The van der Waals surface area contributed by atoms with Crippen LogP contribution >= 0.6 is 0 Å². The summed E-state index contributed by atoms with van der Waals surface area (Å²) in [7, 11) is -1.56. The van der Waals surface area contributed by atoms with Crippen LogP contribution < -0.4 is 10.6 Å². The van der Waals surface area contributed by atoms with Crippen molar-refractivity contribution >= 4 is 28.3 Å². The molecule has 2 aliphatic rings. The Balaban J connectivity index is 2.29. The number of carbonyl (C=O) groups excluding carboxylic acids is 1. The molecule has 0 aromatic carbocycles. The molecule has 2 atom stereocenters. The van der Waals surface area contributed by atoms with Gasteiger partial charge >= 0.3 is 6.09 Å². The molecule has 0 radical (unpaired) electrons. The van der Waals surface area contributed by atoms with Gasteiger partial charge < -0.3 is 18.6 Å². The Morgan fingerprint density at radius 2 is 2.03 bits per heavy atom. The van der Waals surface area contributed by atoms with Crippen LogP contribution in [0.3, 0.4) is 0 Å². The summed E-state index contributed by atoms with van der Waals surface area (Å²) in [4.78, 5) is 21.7. The Labute approximate surface area is 171 Å². The minimum Gasteiger partial charge on any atom is -0.444 e. The molecule has 10 heteroatoms. The van der Waals surface area contributed by atoms with Gasteiger partial charge in [-0.1, -0.05) is 20.3 Å². The number of cyclic esters (lactones) is 1. The summed E-state index contributed by atoms with van der Waals surface area (Å²) in [5.74, 6) is -0.118. The lowest BCUT2D eigenvalue weighted by atomic mass is 9.89. The third-order valence-electron chi connectivity index (χ3n) is 4.95. The zero-order chi connectivity index (χ0) is 21.4. The second-order valence-electron chi connectivity index (χ2n) is 8.24. The van der Waals surface area contributed by atoms with Crippen LogP contribution in [-0.2, 0) is 25.1 Å². The molecule has 3 heterocycles. The normalized spacial score (nSPS) is 27.6. The third kappa shape index (κ3) is 4.52. The number of alkyl carbamates (subject to hydrolysis) is 1. The third-order valence-corrected chi connectivity index (χ3v) is 6.56. The summed E-state index contributed by atoms with van der Waals surface area (Å²) in [5.41, 5.74) is -2.33. The molecule has 0 fully saturated rings. The van der Waals surface area contributed by atoms with E-state index >= 15 is 4.39 Å². The van der Waals surface area contributed by atoms with Crippen LogP contribution in [0.5, 0.6) is 0 Å². The van der Waals surface area contributed by atoms with Crippen LogP contribution in [0.4, 0.5) is 15.0 Å². The molecular weight excluding hydrogens is 397 g/mol. The summed E-state index contributed by atoms with van der Waals surface area (Å²) in [5, 5.41) is 5.10. The van der Waals surface area contributed by atoms with E-state index in [9.17, 15) is 9.00 Å². The predicted octanol–water partition coefficient (Wildman–Crippen LogP) is 3.69. The van der Waals surface area contributed by atoms with Gasteiger partial charge in [0.15, 0.2) is 5.72 Å². The fourth-order valence-electron chi connectivity index (χ4n) is 3.49. The van der Waals surface area contributed by atoms with E-state index in [4.69, 9.17) is 9.73 Å². The van der Waals surface area contributed by atoms with Crippen LogP contribution in [0.15, 0.2) is 21.5 Å². The first-order chi connectivity index (χ1) is 13.5. The predicted molar refractivity (Wildman–Crippen MR) is 110 cm³/mol. The van der Waals surface area contributed by atoms with E-state index in [1.807, 2.05) is 13.8 Å². The first-order valence-corrected chi connectivity index (χ1v) is 10.8. The van der Waals surface area contributed by atoms with Gasteiger partial charge in [0.2, 0.25) is 0 Å². The fraction of sp³-hybridized carbons (Fsp3) is 0.632. The molecule has 0 saturated carbocycles. The maximum atomic E-state index is 15.0. The number of nitrogens with one attached hydrogen (secondary N) is 2. The van der Waals surface area contributed by atoms with Crippen LogP contribution in [0, 0.1) is 11.7 Å².